The van der Waals surface area contributed by atoms with Crippen LogP contribution in [0.3, 0.4) is 0 Å². The molecule has 0 saturated heterocycles. The van der Waals surface area contributed by atoms with Gasteiger partial charge < -0.3 is 24.8 Å². The second kappa shape index (κ2) is 24.9. The van der Waals surface area contributed by atoms with E-state index in [1.807, 2.05) is 12.6 Å². The lowest BCUT2D eigenvalue weighted by Crippen LogP contribution is -2.34. The number of unbranched alkanes of at least 4 members (excludes halogenated alkanes) is 15. The molecule has 2 amide bonds. The Morgan fingerprint density at radius 2 is 1.23 bits per heavy atom. The summed E-state index contributed by atoms with van der Waals surface area (Å²) in [5.41, 5.74) is 3.24. The first-order chi connectivity index (χ1) is 19.5. The first-order valence-electron chi connectivity index (χ1n) is 15.7. The quantitative estimate of drug-likeness (QED) is 0.0941. The van der Waals surface area contributed by atoms with Crippen LogP contribution in [0.1, 0.15) is 120 Å². The Bertz CT molecular complexity index is 774. The number of methoxy groups -OCH3 is 1. The number of amides is 2. The Hall–Kier alpha value is -1.87. The summed E-state index contributed by atoms with van der Waals surface area (Å²) in [6.07, 6.45) is 20.5. The van der Waals surface area contributed by atoms with E-state index in [0.29, 0.717) is 13.1 Å². The normalized spacial score (nSPS) is 11.8. The highest BCUT2D eigenvalue weighted by molar-refractivity contribution is 7.09. The van der Waals surface area contributed by atoms with Crippen LogP contribution in [0.4, 0.5) is 9.59 Å². The Morgan fingerprint density at radius 3 is 1.65 bits per heavy atom. The molecule has 0 aromatic carbocycles. The minimum atomic E-state index is -0.509. The maximum Gasteiger partial charge on any atom is 0.407 e. The third kappa shape index (κ3) is 19.2. The summed E-state index contributed by atoms with van der Waals surface area (Å²) >= 11 is 1.67. The maximum atomic E-state index is 12.0. The second-order valence-corrected chi connectivity index (χ2v) is 11.7. The van der Waals surface area contributed by atoms with Crippen molar-refractivity contribution in [2.75, 3.05) is 33.4 Å². The van der Waals surface area contributed by atoms with Crippen LogP contribution in [0.5, 0.6) is 0 Å². The SMILES string of the molecule is CCCCCCCCCCCCCCCCCCNC(=O)OCC(COC(=O)NCCc1sc[n+](C)c1C)OC. The van der Waals surface area contributed by atoms with Gasteiger partial charge in [0.15, 0.2) is 5.69 Å². The van der Waals surface area contributed by atoms with Crippen LogP contribution in [0.15, 0.2) is 5.51 Å². The highest BCUT2D eigenvalue weighted by atomic mass is 32.1. The molecule has 0 fully saturated rings. The van der Waals surface area contributed by atoms with Crippen LogP contribution in [-0.2, 0) is 27.7 Å². The van der Waals surface area contributed by atoms with Gasteiger partial charge in [0.1, 0.15) is 26.4 Å². The second-order valence-electron chi connectivity index (χ2n) is 10.8. The highest BCUT2D eigenvalue weighted by Gasteiger charge is 2.15. The van der Waals surface area contributed by atoms with E-state index in [2.05, 4.69) is 29.0 Å². The van der Waals surface area contributed by atoms with Crippen LogP contribution < -0.4 is 15.2 Å². The summed E-state index contributed by atoms with van der Waals surface area (Å²) in [4.78, 5) is 25.1. The van der Waals surface area contributed by atoms with E-state index < -0.39 is 18.3 Å². The molecule has 40 heavy (non-hydrogen) atoms. The fraction of sp³-hybridized carbons (Fsp3) is 0.839. The molecule has 0 saturated carbocycles. The van der Waals surface area contributed by atoms with Gasteiger partial charge in [-0.05, 0) is 6.42 Å². The Morgan fingerprint density at radius 1 is 0.775 bits per heavy atom. The van der Waals surface area contributed by atoms with Crippen molar-refractivity contribution in [2.24, 2.45) is 7.05 Å². The largest absolute Gasteiger partial charge is 0.447 e. The van der Waals surface area contributed by atoms with E-state index in [4.69, 9.17) is 14.2 Å². The number of nitrogens with zero attached hydrogens (tertiary/aromatic N) is 1. The van der Waals surface area contributed by atoms with Crippen LogP contribution in [0.25, 0.3) is 0 Å². The molecular formula is C31H58N3O5S+. The molecule has 0 aliphatic carbocycles. The number of hydrogen-bond donors (Lipinski definition) is 2. The predicted octanol–water partition coefficient (Wildman–Crippen LogP) is 7.15. The van der Waals surface area contributed by atoms with Crippen molar-refractivity contribution in [1.82, 2.24) is 10.6 Å². The summed E-state index contributed by atoms with van der Waals surface area (Å²) in [5.74, 6) is 0. The van der Waals surface area contributed by atoms with Gasteiger partial charge in [0.2, 0.25) is 5.51 Å². The number of ether oxygens (including phenoxy) is 3. The Labute approximate surface area is 247 Å². The number of rotatable bonds is 25. The van der Waals surface area contributed by atoms with E-state index in [1.165, 1.54) is 108 Å². The fourth-order valence-corrected chi connectivity index (χ4v) is 5.49. The summed E-state index contributed by atoms with van der Waals surface area (Å²) in [7, 11) is 3.51. The molecule has 1 atom stereocenters. The van der Waals surface area contributed by atoms with Gasteiger partial charge in [0.25, 0.3) is 0 Å². The Balaban J connectivity index is 1.90. The topological polar surface area (TPSA) is 89.8 Å². The van der Waals surface area contributed by atoms with Crippen LogP contribution in [0.2, 0.25) is 0 Å². The monoisotopic (exact) mass is 584 g/mol. The van der Waals surface area contributed by atoms with Crippen LogP contribution in [-0.4, -0.2) is 51.7 Å². The number of carbonyl (C=O) groups is 2. The van der Waals surface area contributed by atoms with Crippen molar-refractivity contribution in [3.05, 3.63) is 16.1 Å². The predicted molar refractivity (Wildman–Crippen MR) is 163 cm³/mol. The van der Waals surface area contributed by atoms with Gasteiger partial charge in [-0.25, -0.2) is 9.59 Å². The van der Waals surface area contributed by atoms with Crippen molar-refractivity contribution >= 4 is 23.5 Å². The molecule has 0 bridgehead atoms. The number of hydrogen-bond acceptors (Lipinski definition) is 6. The molecule has 1 rings (SSSR count). The van der Waals surface area contributed by atoms with E-state index >= 15 is 0 Å². The molecule has 1 aromatic rings. The summed E-state index contributed by atoms with van der Waals surface area (Å²) in [6, 6.07) is 0. The van der Waals surface area contributed by atoms with Gasteiger partial charge in [0, 0.05) is 33.5 Å². The number of aromatic nitrogens is 1. The third-order valence-corrected chi connectivity index (χ3v) is 8.55. The van der Waals surface area contributed by atoms with Crippen molar-refractivity contribution < 1.29 is 28.4 Å². The first-order valence-corrected chi connectivity index (χ1v) is 16.6. The van der Waals surface area contributed by atoms with E-state index in [9.17, 15) is 9.59 Å². The lowest BCUT2D eigenvalue weighted by atomic mass is 10.0. The Kier molecular flexibility index (Phi) is 22.5. The minimum absolute atomic E-state index is 0.0156. The van der Waals surface area contributed by atoms with Crippen molar-refractivity contribution in [1.29, 1.82) is 0 Å². The molecule has 0 spiro atoms. The number of alkyl carbamates (subject to hydrolysis) is 2. The van der Waals surface area contributed by atoms with E-state index in [-0.39, 0.29) is 13.2 Å². The van der Waals surface area contributed by atoms with E-state index in [1.54, 1.807) is 11.3 Å². The average molecular weight is 585 g/mol. The molecule has 8 nitrogen and oxygen atoms in total. The zero-order valence-electron chi connectivity index (χ0n) is 25.9. The van der Waals surface area contributed by atoms with Gasteiger partial charge >= 0.3 is 12.2 Å². The van der Waals surface area contributed by atoms with Crippen LogP contribution >= 0.6 is 11.3 Å². The number of aryl methyl sites for hydroxylation is 1. The molecule has 1 aromatic heterocycles. The molecule has 0 aliphatic heterocycles. The minimum Gasteiger partial charge on any atom is -0.447 e. The third-order valence-electron chi connectivity index (χ3n) is 7.34. The van der Waals surface area contributed by atoms with Crippen molar-refractivity contribution in [2.45, 2.75) is 129 Å². The first kappa shape index (κ1) is 36.2. The smallest absolute Gasteiger partial charge is 0.407 e. The van der Waals surface area contributed by atoms with Gasteiger partial charge in [-0.15, -0.1) is 0 Å². The summed E-state index contributed by atoms with van der Waals surface area (Å²) < 4.78 is 17.8. The van der Waals surface area contributed by atoms with E-state index in [0.717, 1.165) is 19.3 Å². The summed E-state index contributed by atoms with van der Waals surface area (Å²) in [6.45, 7) is 5.48. The molecule has 1 unspecified atom stereocenters. The zero-order valence-corrected chi connectivity index (χ0v) is 26.7. The molecule has 0 radical (unpaired) electrons. The average Bonchev–Trinajstić information content (AvgIpc) is 3.27. The van der Waals surface area contributed by atoms with Gasteiger partial charge in [-0.2, -0.15) is 4.57 Å². The number of thiazole rings is 1. The van der Waals surface area contributed by atoms with Crippen molar-refractivity contribution in [3.63, 3.8) is 0 Å². The van der Waals surface area contributed by atoms with Gasteiger partial charge in [-0.1, -0.05) is 115 Å². The maximum absolute atomic E-state index is 12.0. The lowest BCUT2D eigenvalue weighted by molar-refractivity contribution is -0.672. The number of nitrogens with one attached hydrogen (secondary N) is 2. The van der Waals surface area contributed by atoms with Gasteiger partial charge in [-0.3, -0.25) is 0 Å². The van der Waals surface area contributed by atoms with Crippen molar-refractivity contribution in [3.8, 4) is 0 Å². The standard InChI is InChI=1S/C31H57N3O5S/c1-5-6-7-8-9-10-11-12-13-14-15-16-17-18-19-20-22-32-30(35)38-24-28(37-4)25-39-31(36)33-23-21-29-27(2)34(3)26-40-29/h26,28H,5-25H2,1-4H3,(H-,32,33,35,36)/p+1. The van der Waals surface area contributed by atoms with Crippen LogP contribution in [0, 0.1) is 6.92 Å². The molecule has 0 aliphatic rings. The number of carbonyl (C=O) groups excluding carboxylic acids is 2. The molecule has 9 heteroatoms. The molecule has 2 N–H and O–H groups in total. The molecule has 232 valence electrons. The molecule has 1 heterocycles. The summed E-state index contributed by atoms with van der Waals surface area (Å²) in [5, 5.41) is 5.54. The van der Waals surface area contributed by atoms with Gasteiger partial charge in [0.05, 0.1) is 4.88 Å². The lowest BCUT2D eigenvalue weighted by Gasteiger charge is -2.16. The highest BCUT2D eigenvalue weighted by Crippen LogP contribution is 2.14. The zero-order chi connectivity index (χ0) is 29.3. The fourth-order valence-electron chi connectivity index (χ4n) is 4.51. The molecular weight excluding hydrogens is 526 g/mol.